The Kier molecular flexibility index (Phi) is 16.3. The molecule has 0 unspecified atom stereocenters. The van der Waals surface area contributed by atoms with Gasteiger partial charge in [0.15, 0.2) is 11.6 Å². The number of benzene rings is 4. The number of ether oxygens (including phenoxy) is 2. The number of hydrogen-bond acceptors (Lipinski definition) is 10. The van der Waals surface area contributed by atoms with Crippen molar-refractivity contribution in [2.24, 2.45) is 11.8 Å². The van der Waals surface area contributed by atoms with Crippen LogP contribution in [0.4, 0.5) is 29.7 Å². The van der Waals surface area contributed by atoms with Crippen LogP contribution in [0.25, 0.3) is 27.9 Å². The van der Waals surface area contributed by atoms with Gasteiger partial charge in [0.05, 0.1) is 60.8 Å². The molecule has 80 heavy (non-hydrogen) atoms. The molecule has 16 nitrogen and oxygen atoms in total. The van der Waals surface area contributed by atoms with Crippen LogP contribution in [0.15, 0.2) is 91.0 Å². The zero-order valence-corrected chi connectivity index (χ0v) is 46.9. The van der Waals surface area contributed by atoms with E-state index in [-0.39, 0.29) is 59.4 Å². The summed E-state index contributed by atoms with van der Waals surface area (Å²) in [6.07, 6.45) is 8.26. The first-order chi connectivity index (χ1) is 38.5. The van der Waals surface area contributed by atoms with Gasteiger partial charge in [-0.1, -0.05) is 88.9 Å². The molecule has 4 aliphatic rings. The van der Waals surface area contributed by atoms with E-state index in [1.54, 1.807) is 9.80 Å². The van der Waals surface area contributed by atoms with E-state index in [4.69, 9.17) is 19.4 Å². The van der Waals surface area contributed by atoms with Crippen molar-refractivity contribution in [2.75, 3.05) is 50.2 Å². The number of carbonyl (C=O) groups is 4. The largest absolute Gasteiger partial charge is 0.453 e. The lowest BCUT2D eigenvalue weighted by molar-refractivity contribution is -0.136. The van der Waals surface area contributed by atoms with Crippen LogP contribution in [0.3, 0.4) is 0 Å². The van der Waals surface area contributed by atoms with Crippen LogP contribution < -0.4 is 20.4 Å². The Hall–Kier alpha value is -7.76. The van der Waals surface area contributed by atoms with Crippen molar-refractivity contribution in [1.29, 1.82) is 0 Å². The third-order valence-corrected chi connectivity index (χ3v) is 17.0. The first-order valence-corrected chi connectivity index (χ1v) is 28.3. The summed E-state index contributed by atoms with van der Waals surface area (Å²) in [4.78, 5) is 76.8. The number of nitrogens with zero attached hydrogens (tertiary/aromatic N) is 6. The minimum absolute atomic E-state index is 0.0186. The highest BCUT2D eigenvalue weighted by Gasteiger charge is 2.41. The summed E-state index contributed by atoms with van der Waals surface area (Å²) in [6.45, 7) is 16.1. The summed E-state index contributed by atoms with van der Waals surface area (Å²) in [6, 6.07) is 20.9. The lowest BCUT2D eigenvalue weighted by Gasteiger charge is -2.36. The molecule has 4 saturated heterocycles. The minimum Gasteiger partial charge on any atom is -0.453 e. The normalized spacial score (nSPS) is 20.6. The summed E-state index contributed by atoms with van der Waals surface area (Å²) in [5.41, 5.74) is 6.20. The summed E-state index contributed by atoms with van der Waals surface area (Å²) in [5, 5.41) is 7.79. The summed E-state index contributed by atoms with van der Waals surface area (Å²) >= 11 is 0. The van der Waals surface area contributed by atoms with Crippen LogP contribution in [0, 0.1) is 30.4 Å². The van der Waals surface area contributed by atoms with E-state index >= 15 is 8.78 Å². The van der Waals surface area contributed by atoms with Crippen molar-refractivity contribution in [1.82, 2.24) is 40.4 Å². The molecule has 10 rings (SSSR count). The van der Waals surface area contributed by atoms with E-state index in [2.05, 4.69) is 62.4 Å². The zero-order chi connectivity index (χ0) is 56.5. The third-order valence-electron chi connectivity index (χ3n) is 17.0. The number of carbonyl (C=O) groups excluding carboxylic acids is 4. The van der Waals surface area contributed by atoms with E-state index in [1.807, 2.05) is 82.0 Å². The second-order valence-corrected chi connectivity index (χ2v) is 22.7. The number of aromatic amines is 2. The van der Waals surface area contributed by atoms with Crippen molar-refractivity contribution in [3.63, 3.8) is 0 Å². The van der Waals surface area contributed by atoms with Gasteiger partial charge in [0, 0.05) is 31.9 Å². The third kappa shape index (κ3) is 11.2. The first-order valence-electron chi connectivity index (χ1n) is 28.3. The number of fused-ring (bicyclic) bond motifs is 2. The molecule has 18 heteroatoms. The molecule has 6 heterocycles. The van der Waals surface area contributed by atoms with Crippen molar-refractivity contribution in [2.45, 2.75) is 128 Å². The molecule has 0 spiro atoms. The maximum atomic E-state index is 16.9. The SMILES string of the molecule is C=C(/C=C\c1[nH]c([C@@H]2CCCN2C(=O)[C@@H](NC(=O)OC)C(C)C)nc1C)[C@H]1CC[C@H](c2ccc3[nH]c([C@@H]4CCCN4C(=O)[C@@H](NC(=O)OC)C(C)C)nc3c2)N1c1cc(F)c(N2CCC(c3ccc4ccccc4c3)CC2)c(F)c1. The van der Waals surface area contributed by atoms with Gasteiger partial charge in [-0.2, -0.15) is 0 Å². The second-order valence-electron chi connectivity index (χ2n) is 22.7. The van der Waals surface area contributed by atoms with Crippen molar-refractivity contribution in [3.05, 3.63) is 137 Å². The molecular weight excluding hydrogens is 1020 g/mol. The minimum atomic E-state index is -0.773. The van der Waals surface area contributed by atoms with E-state index in [0.717, 1.165) is 53.7 Å². The van der Waals surface area contributed by atoms with Gasteiger partial charge < -0.3 is 49.7 Å². The van der Waals surface area contributed by atoms with Gasteiger partial charge in [-0.3, -0.25) is 9.59 Å². The van der Waals surface area contributed by atoms with Crippen LogP contribution in [0.1, 0.15) is 137 Å². The molecule has 0 saturated carbocycles. The molecule has 6 atom stereocenters. The van der Waals surface area contributed by atoms with Crippen LogP contribution in [0.5, 0.6) is 0 Å². The fourth-order valence-electron chi connectivity index (χ4n) is 12.7. The number of aryl methyl sites for hydroxylation is 1. The molecule has 0 aliphatic carbocycles. The van der Waals surface area contributed by atoms with Crippen molar-refractivity contribution < 1.29 is 37.4 Å². The molecule has 2 aromatic heterocycles. The van der Waals surface area contributed by atoms with Crippen LogP contribution in [-0.2, 0) is 19.1 Å². The maximum Gasteiger partial charge on any atom is 0.407 e. The highest BCUT2D eigenvalue weighted by atomic mass is 19.1. The molecule has 0 radical (unpaired) electrons. The predicted molar refractivity (Wildman–Crippen MR) is 306 cm³/mol. The number of piperidine rings is 1. The van der Waals surface area contributed by atoms with Crippen LogP contribution in [-0.4, -0.2) is 112 Å². The predicted octanol–water partition coefficient (Wildman–Crippen LogP) is 11.5. The van der Waals surface area contributed by atoms with Crippen molar-refractivity contribution in [3.8, 4) is 0 Å². The number of hydrogen-bond donors (Lipinski definition) is 4. The van der Waals surface area contributed by atoms with Gasteiger partial charge in [0.1, 0.15) is 29.4 Å². The number of anilines is 2. The number of rotatable bonds is 15. The van der Waals surface area contributed by atoms with Gasteiger partial charge in [-0.25, -0.2) is 28.3 Å². The summed E-state index contributed by atoms with van der Waals surface area (Å²) in [7, 11) is 2.55. The number of imidazole rings is 2. The summed E-state index contributed by atoms with van der Waals surface area (Å²) in [5.74, 6) is -0.439. The average molecular weight is 1090 g/mol. The average Bonchev–Trinajstić information content (AvgIpc) is 4.43. The van der Waals surface area contributed by atoms with Gasteiger partial charge in [0.25, 0.3) is 0 Å². The number of aromatic nitrogens is 4. The number of H-pyrrole nitrogens is 2. The fourth-order valence-corrected chi connectivity index (χ4v) is 12.7. The molecule has 0 bridgehead atoms. The second kappa shape index (κ2) is 23.5. The monoisotopic (exact) mass is 1090 g/mol. The summed E-state index contributed by atoms with van der Waals surface area (Å²) < 4.78 is 43.5. The van der Waals surface area contributed by atoms with E-state index in [9.17, 15) is 19.2 Å². The van der Waals surface area contributed by atoms with E-state index in [0.29, 0.717) is 74.7 Å². The Bertz CT molecular complexity index is 3300. The van der Waals surface area contributed by atoms with Gasteiger partial charge >= 0.3 is 12.2 Å². The number of amides is 4. The van der Waals surface area contributed by atoms with E-state index in [1.165, 1.54) is 42.7 Å². The van der Waals surface area contributed by atoms with Crippen LogP contribution in [0.2, 0.25) is 0 Å². The Balaban J connectivity index is 0.926. The zero-order valence-electron chi connectivity index (χ0n) is 46.9. The van der Waals surface area contributed by atoms with E-state index < -0.39 is 35.9 Å². The molecule has 4 fully saturated rings. The Morgan fingerprint density at radius 2 is 1.27 bits per heavy atom. The highest BCUT2D eigenvalue weighted by Crippen LogP contribution is 2.46. The lowest BCUT2D eigenvalue weighted by Crippen LogP contribution is -2.51. The topological polar surface area (TPSA) is 181 Å². The number of halogens is 2. The molecule has 4 N–H and O–H groups in total. The molecule has 422 valence electrons. The Morgan fingerprint density at radius 1 is 0.688 bits per heavy atom. The number of methoxy groups -OCH3 is 2. The molecule has 6 aromatic rings. The fraction of sp³-hybridized carbons (Fsp3) is 0.452. The van der Waals surface area contributed by atoms with Crippen molar-refractivity contribution >= 4 is 63.3 Å². The molecule has 4 aliphatic heterocycles. The number of nitrogens with one attached hydrogen (secondary N) is 4. The molecule has 4 amide bonds. The van der Waals surface area contributed by atoms with Crippen LogP contribution >= 0.6 is 0 Å². The Morgan fingerprint density at radius 3 is 1.88 bits per heavy atom. The first kappa shape index (κ1) is 55.6. The molecular formula is C62H74F2N10O6. The maximum absolute atomic E-state index is 16.9. The van der Waals surface area contributed by atoms with Gasteiger partial charge in [0.2, 0.25) is 11.8 Å². The Labute approximate surface area is 466 Å². The quantitative estimate of drug-likeness (QED) is 0.0723. The standard InChI is InChI=1S/C62H74F2N10O6/c1-35(2)54(69-61(77)79-7)59(75)72-27-11-15-52(72)57-65-38(6)47(66-57)21-17-37(5)50-23-24-51(43-20-22-48-49(32-43)68-58(67-48)53-16-12-28-73(53)60(76)55(36(3)4)70-62(78)80-8)74(50)44-33-45(63)56(46(64)34-44)71-29-25-40(26-30-71)42-19-18-39-13-9-10-14-41(39)31-42/h9-10,13-14,17-22,31-36,40,50-55H,5,11-12,15-16,23-30H2,1-4,6-8H3,(H,65,66)(H,67,68)(H,69,77)(H,70,78)/b21-17-/t50-,51-,52+,53+,54+,55+/m1/s1. The molecule has 4 aromatic carbocycles. The number of likely N-dealkylation sites (tertiary alicyclic amines) is 2. The van der Waals surface area contributed by atoms with Gasteiger partial charge in [-0.15, -0.1) is 0 Å². The highest BCUT2D eigenvalue weighted by molar-refractivity contribution is 5.88. The lowest BCUT2D eigenvalue weighted by atomic mass is 9.88. The number of alkyl carbamates (subject to hydrolysis) is 2. The smallest absolute Gasteiger partial charge is 0.407 e. The van der Waals surface area contributed by atoms with Gasteiger partial charge in [-0.05, 0) is 134 Å².